The number of rotatable bonds is 4. The summed E-state index contributed by atoms with van der Waals surface area (Å²) in [7, 11) is 0. The van der Waals surface area contributed by atoms with Crippen molar-refractivity contribution in [3.8, 4) is 0 Å². The summed E-state index contributed by atoms with van der Waals surface area (Å²) in [5.74, 6) is -1.74. The molecule has 1 aliphatic rings. The van der Waals surface area contributed by atoms with Gasteiger partial charge in [-0.05, 0) is 41.4 Å². The summed E-state index contributed by atoms with van der Waals surface area (Å²) in [5, 5.41) is 12.0. The third-order valence-corrected chi connectivity index (χ3v) is 7.36. The van der Waals surface area contributed by atoms with E-state index in [-0.39, 0.29) is 52.1 Å². The Labute approximate surface area is 205 Å². The molecule has 0 spiro atoms. The number of aromatic nitrogens is 2. The van der Waals surface area contributed by atoms with Crippen LogP contribution in [-0.4, -0.2) is 25.8 Å². The van der Waals surface area contributed by atoms with E-state index in [1.54, 1.807) is 30.4 Å². The maximum Gasteiger partial charge on any atom is 0.353 e. The van der Waals surface area contributed by atoms with Crippen molar-refractivity contribution in [1.82, 2.24) is 8.94 Å². The van der Waals surface area contributed by atoms with Crippen molar-refractivity contribution in [1.29, 1.82) is 0 Å². The van der Waals surface area contributed by atoms with Gasteiger partial charge in [-0.25, -0.2) is 9.18 Å². The number of carboxylic acids is 1. The van der Waals surface area contributed by atoms with Crippen LogP contribution < -0.4 is 5.73 Å². The number of carboxylic acid groups (broad SMARTS) is 1. The number of hydrogen-bond acceptors (Lipinski definition) is 6. The molecule has 0 aliphatic heterocycles. The molecular formula is C25H15ClFN3O4S. The van der Waals surface area contributed by atoms with Crippen molar-refractivity contribution in [3.63, 3.8) is 0 Å². The molecular weight excluding hydrogens is 493 g/mol. The number of nitrogens with two attached hydrogens (primary N) is 1. The van der Waals surface area contributed by atoms with E-state index in [1.165, 1.54) is 34.5 Å². The van der Waals surface area contributed by atoms with Crippen LogP contribution in [0.5, 0.6) is 0 Å². The number of halogens is 2. The van der Waals surface area contributed by atoms with Gasteiger partial charge in [0.15, 0.2) is 5.78 Å². The topological polar surface area (TPSA) is 111 Å². The van der Waals surface area contributed by atoms with Gasteiger partial charge in [0.25, 0.3) is 0 Å². The number of nitrogens with zero attached hydrogens (tertiary/aromatic N) is 2. The molecule has 0 bridgehead atoms. The first-order valence-electron chi connectivity index (χ1n) is 10.5. The highest BCUT2D eigenvalue weighted by atomic mass is 35.5. The summed E-state index contributed by atoms with van der Waals surface area (Å²) in [6.45, 7) is -0.00877. The zero-order chi connectivity index (χ0) is 24.4. The fourth-order valence-electron chi connectivity index (χ4n) is 4.63. The van der Waals surface area contributed by atoms with E-state index in [0.29, 0.717) is 27.2 Å². The van der Waals surface area contributed by atoms with Crippen molar-refractivity contribution in [2.24, 2.45) is 0 Å². The van der Waals surface area contributed by atoms with Gasteiger partial charge in [-0.3, -0.25) is 4.79 Å². The van der Waals surface area contributed by atoms with Crippen LogP contribution in [0.25, 0.3) is 37.5 Å². The molecule has 3 N–H and O–H groups in total. The number of allylic oxidation sites excluding steroid dienone is 4. The lowest BCUT2D eigenvalue weighted by Crippen LogP contribution is -2.13. The van der Waals surface area contributed by atoms with Crippen LogP contribution in [0.4, 0.5) is 10.2 Å². The van der Waals surface area contributed by atoms with Crippen molar-refractivity contribution in [2.75, 3.05) is 5.73 Å². The molecule has 1 aliphatic carbocycles. The molecule has 5 aromatic rings. The maximum absolute atomic E-state index is 15.1. The molecule has 0 saturated heterocycles. The Morgan fingerprint density at radius 3 is 2.91 bits per heavy atom. The van der Waals surface area contributed by atoms with Gasteiger partial charge < -0.3 is 19.8 Å². The minimum absolute atomic E-state index is 0.00877. The van der Waals surface area contributed by atoms with Gasteiger partial charge >= 0.3 is 5.97 Å². The lowest BCUT2D eigenvalue weighted by molar-refractivity contribution is -0.113. The molecule has 3 heterocycles. The highest BCUT2D eigenvalue weighted by molar-refractivity contribution is 7.13. The number of carbonyl (C=O) groups is 2. The number of anilines is 1. The number of aromatic carboxylic acids is 1. The van der Waals surface area contributed by atoms with Gasteiger partial charge in [-0.2, -0.15) is 4.37 Å². The molecule has 2 aromatic carbocycles. The highest BCUT2D eigenvalue weighted by Crippen LogP contribution is 2.41. The molecule has 0 unspecified atom stereocenters. The first kappa shape index (κ1) is 21.6. The Kier molecular flexibility index (Phi) is 4.80. The Hall–Kier alpha value is -3.95. The van der Waals surface area contributed by atoms with Crippen molar-refractivity contribution in [2.45, 2.75) is 13.0 Å². The zero-order valence-corrected chi connectivity index (χ0v) is 19.4. The lowest BCUT2D eigenvalue weighted by Gasteiger charge is -2.12. The largest absolute Gasteiger partial charge is 0.477 e. The van der Waals surface area contributed by atoms with Crippen molar-refractivity contribution < 1.29 is 23.5 Å². The molecule has 10 heteroatoms. The fourth-order valence-corrected chi connectivity index (χ4v) is 5.65. The number of benzene rings is 2. The number of furan rings is 1. The molecule has 35 heavy (non-hydrogen) atoms. The Bertz CT molecular complexity index is 1790. The minimum atomic E-state index is -1.27. The number of carbonyl (C=O) groups excluding carboxylic acids is 1. The second-order valence-electron chi connectivity index (χ2n) is 8.17. The van der Waals surface area contributed by atoms with E-state index < -0.39 is 11.8 Å². The first-order chi connectivity index (χ1) is 16.8. The number of Topliss-reactive ketones (excluding diaryl/α,β-unsaturated/α-hetero) is 1. The average Bonchev–Trinajstić information content (AvgIpc) is 3.52. The van der Waals surface area contributed by atoms with E-state index >= 15 is 4.39 Å². The van der Waals surface area contributed by atoms with Crippen molar-refractivity contribution >= 4 is 78.2 Å². The molecule has 174 valence electrons. The summed E-state index contributed by atoms with van der Waals surface area (Å²) in [5.41, 5.74) is 7.26. The molecule has 0 fully saturated rings. The van der Waals surface area contributed by atoms with Gasteiger partial charge in [0.05, 0.1) is 27.3 Å². The molecule has 7 nitrogen and oxygen atoms in total. The third kappa shape index (κ3) is 3.19. The maximum atomic E-state index is 15.1. The zero-order valence-electron chi connectivity index (χ0n) is 17.8. The summed E-state index contributed by atoms with van der Waals surface area (Å²) in [6, 6.07) is 6.21. The predicted octanol–water partition coefficient (Wildman–Crippen LogP) is 6.03. The average molecular weight is 508 g/mol. The lowest BCUT2D eigenvalue weighted by atomic mass is 9.93. The van der Waals surface area contributed by atoms with E-state index in [1.807, 2.05) is 0 Å². The summed E-state index contributed by atoms with van der Waals surface area (Å²) >= 11 is 7.75. The number of nitrogen functional groups attached to an aromatic ring is 1. The van der Waals surface area contributed by atoms with Gasteiger partial charge in [0, 0.05) is 34.5 Å². The Balaban J connectivity index is 1.71. The third-order valence-electron chi connectivity index (χ3n) is 6.19. The van der Waals surface area contributed by atoms with Crippen LogP contribution in [-0.2, 0) is 11.3 Å². The van der Waals surface area contributed by atoms with Gasteiger partial charge in [0.2, 0.25) is 0 Å². The molecule has 6 rings (SSSR count). The molecule has 0 atom stereocenters. The van der Waals surface area contributed by atoms with Crippen LogP contribution >= 0.6 is 23.1 Å². The number of fused-ring (bicyclic) bond motifs is 4. The van der Waals surface area contributed by atoms with Crippen LogP contribution in [0, 0.1) is 5.82 Å². The predicted molar refractivity (Wildman–Crippen MR) is 134 cm³/mol. The quantitative estimate of drug-likeness (QED) is 0.307. The normalized spacial score (nSPS) is 13.9. The van der Waals surface area contributed by atoms with Crippen LogP contribution in [0.15, 0.2) is 53.2 Å². The second kappa shape index (κ2) is 7.79. The van der Waals surface area contributed by atoms with Gasteiger partial charge in [-0.1, -0.05) is 29.8 Å². The van der Waals surface area contributed by atoms with Crippen LogP contribution in [0.1, 0.15) is 28.0 Å². The van der Waals surface area contributed by atoms with E-state index in [0.717, 1.165) is 4.70 Å². The van der Waals surface area contributed by atoms with Crippen LogP contribution in [0.2, 0.25) is 5.02 Å². The van der Waals surface area contributed by atoms with Gasteiger partial charge in [0.1, 0.15) is 22.9 Å². The molecule has 0 saturated carbocycles. The van der Waals surface area contributed by atoms with E-state index in [9.17, 15) is 14.7 Å². The SMILES string of the molecule is Nc1nsc2cc(Cl)c(Cn3c(C(=O)O)c(C4=CC=CCC4=O)c4c5occc5c(F)cc43)cc12. The number of ketones is 1. The standard InChI is InChI=1S/C25H15ClFN3O4S/c26-15-8-19-14(24(28)29-35-19)7-11(15)10-30-17-9-16(27)12-5-6-34-23(12)21(17)20(22(30)25(32)33)13-3-1-2-4-18(13)31/h1-3,5-9H,4,10H2,(H2,28,29)(H,32,33). The van der Waals surface area contributed by atoms with E-state index in [4.69, 9.17) is 21.8 Å². The fraction of sp³-hybridized carbons (Fsp3) is 0.0800. The Morgan fingerprint density at radius 1 is 1.31 bits per heavy atom. The first-order valence-corrected chi connectivity index (χ1v) is 11.7. The molecule has 0 amide bonds. The second-order valence-corrected chi connectivity index (χ2v) is 9.39. The van der Waals surface area contributed by atoms with Crippen LogP contribution in [0.3, 0.4) is 0 Å². The highest BCUT2D eigenvalue weighted by Gasteiger charge is 2.31. The van der Waals surface area contributed by atoms with Gasteiger partial charge in [-0.15, -0.1) is 0 Å². The summed E-state index contributed by atoms with van der Waals surface area (Å²) in [6.07, 6.45) is 6.44. The van der Waals surface area contributed by atoms with Crippen molar-refractivity contribution in [3.05, 3.63) is 76.4 Å². The molecule has 0 radical (unpaired) electrons. The smallest absolute Gasteiger partial charge is 0.353 e. The summed E-state index contributed by atoms with van der Waals surface area (Å²) in [4.78, 5) is 25.5. The molecule has 3 aromatic heterocycles. The number of hydrogen-bond donors (Lipinski definition) is 2. The monoisotopic (exact) mass is 507 g/mol. The Morgan fingerprint density at radius 2 is 2.14 bits per heavy atom. The van der Waals surface area contributed by atoms with E-state index in [2.05, 4.69) is 4.37 Å². The minimum Gasteiger partial charge on any atom is -0.477 e. The summed E-state index contributed by atoms with van der Waals surface area (Å²) < 4.78 is 27.1.